The number of halogens is 1. The van der Waals surface area contributed by atoms with Gasteiger partial charge in [-0.25, -0.2) is 0 Å². The van der Waals surface area contributed by atoms with E-state index in [1.165, 1.54) is 12.8 Å². The van der Waals surface area contributed by atoms with Crippen LogP contribution in [0.4, 0.5) is 0 Å². The van der Waals surface area contributed by atoms with Crippen molar-refractivity contribution in [2.75, 3.05) is 6.54 Å². The summed E-state index contributed by atoms with van der Waals surface area (Å²) in [5, 5.41) is 5.57. The van der Waals surface area contributed by atoms with Gasteiger partial charge in [0.15, 0.2) is 0 Å². The fourth-order valence-corrected chi connectivity index (χ4v) is 2.71. The van der Waals surface area contributed by atoms with E-state index in [1.807, 2.05) is 6.07 Å². The lowest BCUT2D eigenvalue weighted by molar-refractivity contribution is -0.120. The maximum absolute atomic E-state index is 11.9. The zero-order chi connectivity index (χ0) is 13.7. The first-order valence-corrected chi connectivity index (χ1v) is 7.28. The van der Waals surface area contributed by atoms with E-state index < -0.39 is 0 Å². The van der Waals surface area contributed by atoms with E-state index in [1.54, 1.807) is 18.2 Å². The molecule has 1 saturated carbocycles. The molecule has 0 saturated heterocycles. The van der Waals surface area contributed by atoms with Crippen LogP contribution in [-0.4, -0.2) is 24.4 Å². The number of rotatable bonds is 4. The van der Waals surface area contributed by atoms with E-state index >= 15 is 0 Å². The van der Waals surface area contributed by atoms with Gasteiger partial charge in [0.2, 0.25) is 5.91 Å². The highest BCUT2D eigenvalue weighted by atomic mass is 79.9. The molecule has 2 amide bonds. The molecular weight excluding hydrogens is 308 g/mol. The standard InChI is InChI=1S/C14H17BrN2O2/c15-12-8-4-3-7-11(12)14(19)16-9-13(18)17-10-5-1-2-6-10/h3-4,7-8,10H,1-2,5-6,9H2,(H,16,19)(H,17,18). The van der Waals surface area contributed by atoms with E-state index in [0.717, 1.165) is 17.3 Å². The first-order valence-electron chi connectivity index (χ1n) is 6.49. The number of nitrogens with one attached hydrogen (secondary N) is 2. The molecule has 1 aromatic rings. The van der Waals surface area contributed by atoms with E-state index in [9.17, 15) is 9.59 Å². The maximum atomic E-state index is 11.9. The fraction of sp³-hybridized carbons (Fsp3) is 0.429. The number of amides is 2. The van der Waals surface area contributed by atoms with Crippen molar-refractivity contribution in [3.63, 3.8) is 0 Å². The largest absolute Gasteiger partial charge is 0.352 e. The Bertz CT molecular complexity index is 470. The summed E-state index contributed by atoms with van der Waals surface area (Å²) < 4.78 is 0.726. The van der Waals surface area contributed by atoms with Gasteiger partial charge in [0.1, 0.15) is 0 Å². The van der Waals surface area contributed by atoms with E-state index in [0.29, 0.717) is 5.56 Å². The third-order valence-electron chi connectivity index (χ3n) is 3.25. The summed E-state index contributed by atoms with van der Waals surface area (Å²) in [6, 6.07) is 7.43. The Morgan fingerprint density at radius 3 is 2.58 bits per heavy atom. The number of hydrogen-bond donors (Lipinski definition) is 2. The summed E-state index contributed by atoms with van der Waals surface area (Å²) in [6.45, 7) is 0.0245. The van der Waals surface area contributed by atoms with Gasteiger partial charge >= 0.3 is 0 Å². The third-order valence-corrected chi connectivity index (χ3v) is 3.94. The molecule has 4 nitrogen and oxygen atoms in total. The SMILES string of the molecule is O=C(CNC(=O)c1ccccc1Br)NC1CCCC1. The van der Waals surface area contributed by atoms with Crippen LogP contribution in [0.2, 0.25) is 0 Å². The maximum Gasteiger partial charge on any atom is 0.252 e. The molecule has 102 valence electrons. The summed E-state index contributed by atoms with van der Waals surface area (Å²) in [4.78, 5) is 23.6. The summed E-state index contributed by atoms with van der Waals surface area (Å²) >= 11 is 3.31. The molecule has 1 aliphatic carbocycles. The van der Waals surface area contributed by atoms with Crippen LogP contribution in [0.3, 0.4) is 0 Å². The van der Waals surface area contributed by atoms with Gasteiger partial charge < -0.3 is 10.6 Å². The van der Waals surface area contributed by atoms with Gasteiger partial charge in [-0.3, -0.25) is 9.59 Å². The van der Waals surface area contributed by atoms with Crippen molar-refractivity contribution >= 4 is 27.7 Å². The summed E-state index contributed by atoms with van der Waals surface area (Å²) in [6.07, 6.45) is 4.44. The summed E-state index contributed by atoms with van der Waals surface area (Å²) in [5.74, 6) is -0.360. The molecule has 1 aliphatic rings. The fourth-order valence-electron chi connectivity index (χ4n) is 2.25. The second kappa shape index (κ2) is 6.70. The molecule has 0 aliphatic heterocycles. The molecule has 2 rings (SSSR count). The highest BCUT2D eigenvalue weighted by Crippen LogP contribution is 2.17. The Hall–Kier alpha value is -1.36. The number of carbonyl (C=O) groups is 2. The Balaban J connectivity index is 1.80. The van der Waals surface area contributed by atoms with Crippen LogP contribution >= 0.6 is 15.9 Å². The zero-order valence-electron chi connectivity index (χ0n) is 10.6. The predicted octanol–water partition coefficient (Wildman–Crippen LogP) is 2.24. The van der Waals surface area contributed by atoms with Crippen molar-refractivity contribution in [2.45, 2.75) is 31.7 Å². The van der Waals surface area contributed by atoms with Crippen LogP contribution in [0.15, 0.2) is 28.7 Å². The van der Waals surface area contributed by atoms with Gasteiger partial charge in [-0.15, -0.1) is 0 Å². The molecular formula is C14H17BrN2O2. The van der Waals surface area contributed by atoms with Crippen LogP contribution in [0, 0.1) is 0 Å². The summed E-state index contributed by atoms with van der Waals surface area (Å²) in [7, 11) is 0. The minimum atomic E-state index is -0.242. The van der Waals surface area contributed by atoms with Gasteiger partial charge in [-0.1, -0.05) is 25.0 Å². The molecule has 2 N–H and O–H groups in total. The lowest BCUT2D eigenvalue weighted by Crippen LogP contribution is -2.41. The Kier molecular flexibility index (Phi) is 4.96. The van der Waals surface area contributed by atoms with Crippen molar-refractivity contribution in [1.29, 1.82) is 0 Å². The minimum absolute atomic E-state index is 0.0245. The zero-order valence-corrected chi connectivity index (χ0v) is 12.2. The molecule has 0 atom stereocenters. The monoisotopic (exact) mass is 324 g/mol. The molecule has 0 unspecified atom stereocenters. The van der Waals surface area contributed by atoms with Gasteiger partial charge in [-0.2, -0.15) is 0 Å². The molecule has 0 bridgehead atoms. The topological polar surface area (TPSA) is 58.2 Å². The molecule has 5 heteroatoms. The van der Waals surface area contributed by atoms with Gasteiger partial charge in [-0.05, 0) is 40.9 Å². The van der Waals surface area contributed by atoms with Crippen molar-refractivity contribution in [1.82, 2.24) is 10.6 Å². The Morgan fingerprint density at radius 1 is 1.21 bits per heavy atom. The van der Waals surface area contributed by atoms with Crippen LogP contribution in [0.25, 0.3) is 0 Å². The Morgan fingerprint density at radius 2 is 1.89 bits per heavy atom. The highest BCUT2D eigenvalue weighted by molar-refractivity contribution is 9.10. The number of carbonyl (C=O) groups excluding carboxylic acids is 2. The molecule has 19 heavy (non-hydrogen) atoms. The van der Waals surface area contributed by atoms with Crippen LogP contribution < -0.4 is 10.6 Å². The summed E-state index contributed by atoms with van der Waals surface area (Å²) in [5.41, 5.74) is 0.538. The molecule has 1 fully saturated rings. The lowest BCUT2D eigenvalue weighted by atomic mass is 10.2. The average molecular weight is 325 g/mol. The molecule has 0 aromatic heterocycles. The molecule has 0 radical (unpaired) electrons. The van der Waals surface area contributed by atoms with E-state index in [4.69, 9.17) is 0 Å². The van der Waals surface area contributed by atoms with E-state index in [2.05, 4.69) is 26.6 Å². The second-order valence-electron chi connectivity index (χ2n) is 4.71. The number of hydrogen-bond acceptors (Lipinski definition) is 2. The first-order chi connectivity index (χ1) is 9.16. The Labute approximate surface area is 121 Å². The van der Waals surface area contributed by atoms with Crippen LogP contribution in [-0.2, 0) is 4.79 Å². The molecule has 0 spiro atoms. The second-order valence-corrected chi connectivity index (χ2v) is 5.57. The lowest BCUT2D eigenvalue weighted by Gasteiger charge is -2.12. The highest BCUT2D eigenvalue weighted by Gasteiger charge is 2.17. The smallest absolute Gasteiger partial charge is 0.252 e. The van der Waals surface area contributed by atoms with Gasteiger partial charge in [0.25, 0.3) is 5.91 Å². The predicted molar refractivity (Wildman–Crippen MR) is 76.9 cm³/mol. The minimum Gasteiger partial charge on any atom is -0.352 e. The van der Waals surface area contributed by atoms with Crippen molar-refractivity contribution in [3.05, 3.63) is 34.3 Å². The number of benzene rings is 1. The molecule has 0 heterocycles. The first kappa shape index (κ1) is 14.1. The molecule has 1 aromatic carbocycles. The van der Waals surface area contributed by atoms with Crippen molar-refractivity contribution in [2.24, 2.45) is 0 Å². The van der Waals surface area contributed by atoms with Crippen LogP contribution in [0.1, 0.15) is 36.0 Å². The van der Waals surface area contributed by atoms with Crippen molar-refractivity contribution in [3.8, 4) is 0 Å². The van der Waals surface area contributed by atoms with Crippen molar-refractivity contribution < 1.29 is 9.59 Å². The average Bonchev–Trinajstić information content (AvgIpc) is 2.89. The quantitative estimate of drug-likeness (QED) is 0.892. The van der Waals surface area contributed by atoms with Gasteiger partial charge in [0, 0.05) is 10.5 Å². The third kappa shape index (κ3) is 4.06. The normalized spacial score (nSPS) is 15.2. The van der Waals surface area contributed by atoms with Crippen LogP contribution in [0.5, 0.6) is 0 Å². The van der Waals surface area contributed by atoms with E-state index in [-0.39, 0.29) is 24.4 Å². The van der Waals surface area contributed by atoms with Gasteiger partial charge in [0.05, 0.1) is 12.1 Å².